The van der Waals surface area contributed by atoms with Gasteiger partial charge in [-0.25, -0.2) is 5.43 Å². The SMILES string of the molecule is COc1cccc(CC(=O)N/N=C/c2c(C)cc(O)cc2C)c1. The van der Waals surface area contributed by atoms with Gasteiger partial charge in [-0.3, -0.25) is 4.79 Å². The number of nitrogens with zero attached hydrogens (tertiary/aromatic N) is 1. The molecule has 0 atom stereocenters. The first-order valence-corrected chi connectivity index (χ1v) is 7.24. The van der Waals surface area contributed by atoms with E-state index in [1.807, 2.05) is 38.1 Å². The van der Waals surface area contributed by atoms with Crippen LogP contribution in [0.5, 0.6) is 11.5 Å². The van der Waals surface area contributed by atoms with E-state index < -0.39 is 0 Å². The van der Waals surface area contributed by atoms with Crippen molar-refractivity contribution in [2.24, 2.45) is 5.10 Å². The number of carbonyl (C=O) groups excluding carboxylic acids is 1. The van der Waals surface area contributed by atoms with Crippen molar-refractivity contribution in [1.82, 2.24) is 5.43 Å². The molecule has 2 N–H and O–H groups in total. The van der Waals surface area contributed by atoms with Gasteiger partial charge in [-0.05, 0) is 54.8 Å². The van der Waals surface area contributed by atoms with Crippen LogP contribution in [0.3, 0.4) is 0 Å². The van der Waals surface area contributed by atoms with Crippen LogP contribution in [-0.4, -0.2) is 24.3 Å². The first-order chi connectivity index (χ1) is 11.0. The van der Waals surface area contributed by atoms with E-state index in [1.54, 1.807) is 25.5 Å². The highest BCUT2D eigenvalue weighted by Gasteiger charge is 2.05. The highest BCUT2D eigenvalue weighted by molar-refractivity contribution is 5.86. The van der Waals surface area contributed by atoms with E-state index in [9.17, 15) is 9.90 Å². The Morgan fingerprint density at radius 3 is 2.61 bits per heavy atom. The van der Waals surface area contributed by atoms with Gasteiger partial charge < -0.3 is 9.84 Å². The molecular weight excluding hydrogens is 292 g/mol. The van der Waals surface area contributed by atoms with Crippen molar-refractivity contribution in [3.05, 3.63) is 58.7 Å². The quantitative estimate of drug-likeness (QED) is 0.659. The standard InChI is InChI=1S/C18H20N2O3/c1-12-7-15(21)8-13(2)17(12)11-19-20-18(22)10-14-5-4-6-16(9-14)23-3/h4-9,11,21H,10H2,1-3H3,(H,20,22)/b19-11+. The maximum atomic E-state index is 11.9. The molecule has 0 fully saturated rings. The second-order valence-corrected chi connectivity index (χ2v) is 5.31. The number of benzene rings is 2. The number of phenols is 1. The Kier molecular flexibility index (Phi) is 5.36. The van der Waals surface area contributed by atoms with Gasteiger partial charge in [-0.15, -0.1) is 0 Å². The number of carbonyl (C=O) groups is 1. The summed E-state index contributed by atoms with van der Waals surface area (Å²) in [5, 5.41) is 13.5. The molecule has 2 aromatic carbocycles. The van der Waals surface area contributed by atoms with Gasteiger partial charge in [0.05, 0.1) is 19.7 Å². The maximum absolute atomic E-state index is 11.9. The molecule has 0 aliphatic heterocycles. The summed E-state index contributed by atoms with van der Waals surface area (Å²) >= 11 is 0. The molecule has 0 saturated carbocycles. The summed E-state index contributed by atoms with van der Waals surface area (Å²) in [4.78, 5) is 11.9. The lowest BCUT2D eigenvalue weighted by Crippen LogP contribution is -2.19. The summed E-state index contributed by atoms with van der Waals surface area (Å²) in [6, 6.07) is 10.7. The fourth-order valence-corrected chi connectivity index (χ4v) is 2.33. The molecule has 0 spiro atoms. The lowest BCUT2D eigenvalue weighted by molar-refractivity contribution is -0.120. The largest absolute Gasteiger partial charge is 0.508 e. The summed E-state index contributed by atoms with van der Waals surface area (Å²) < 4.78 is 5.13. The number of ether oxygens (including phenoxy) is 1. The van der Waals surface area contributed by atoms with Gasteiger partial charge in [0.15, 0.2) is 0 Å². The second kappa shape index (κ2) is 7.45. The monoisotopic (exact) mass is 312 g/mol. The van der Waals surface area contributed by atoms with Crippen molar-refractivity contribution in [1.29, 1.82) is 0 Å². The smallest absolute Gasteiger partial charge is 0.244 e. The Bertz CT molecular complexity index is 716. The third kappa shape index (κ3) is 4.57. The van der Waals surface area contributed by atoms with Crippen LogP contribution in [0.25, 0.3) is 0 Å². The van der Waals surface area contributed by atoms with Crippen molar-refractivity contribution in [2.45, 2.75) is 20.3 Å². The molecule has 5 nitrogen and oxygen atoms in total. The van der Waals surface area contributed by atoms with E-state index in [4.69, 9.17) is 4.74 Å². The van der Waals surface area contributed by atoms with Crippen LogP contribution in [-0.2, 0) is 11.2 Å². The lowest BCUT2D eigenvalue weighted by atomic mass is 10.0. The van der Waals surface area contributed by atoms with Gasteiger partial charge >= 0.3 is 0 Å². The minimum atomic E-state index is -0.205. The molecule has 0 aliphatic carbocycles. The molecule has 23 heavy (non-hydrogen) atoms. The van der Waals surface area contributed by atoms with Crippen LogP contribution in [0.1, 0.15) is 22.3 Å². The van der Waals surface area contributed by atoms with Crippen LogP contribution >= 0.6 is 0 Å². The summed E-state index contributed by atoms with van der Waals surface area (Å²) in [5.41, 5.74) is 6.04. The molecular formula is C18H20N2O3. The maximum Gasteiger partial charge on any atom is 0.244 e. The molecule has 2 rings (SSSR count). The number of aryl methyl sites for hydroxylation is 2. The molecule has 0 saturated heterocycles. The summed E-state index contributed by atoms with van der Waals surface area (Å²) in [6.07, 6.45) is 1.82. The Labute approximate surface area is 135 Å². The predicted molar refractivity (Wildman–Crippen MR) is 90.0 cm³/mol. The van der Waals surface area contributed by atoms with Gasteiger partial charge in [0, 0.05) is 5.56 Å². The van der Waals surface area contributed by atoms with Gasteiger partial charge in [0.2, 0.25) is 5.91 Å². The topological polar surface area (TPSA) is 70.9 Å². The van der Waals surface area contributed by atoms with Gasteiger partial charge in [0.1, 0.15) is 11.5 Å². The third-order valence-corrected chi connectivity index (χ3v) is 3.46. The van der Waals surface area contributed by atoms with E-state index in [0.717, 1.165) is 22.3 Å². The van der Waals surface area contributed by atoms with Gasteiger partial charge in [-0.1, -0.05) is 12.1 Å². The number of hydrazone groups is 1. The molecule has 0 bridgehead atoms. The van der Waals surface area contributed by atoms with Crippen molar-refractivity contribution < 1.29 is 14.6 Å². The number of aromatic hydroxyl groups is 1. The number of hydrogen-bond donors (Lipinski definition) is 2. The van der Waals surface area contributed by atoms with E-state index in [0.29, 0.717) is 5.75 Å². The first kappa shape index (κ1) is 16.5. The Morgan fingerprint density at radius 2 is 1.96 bits per heavy atom. The Balaban J connectivity index is 1.99. The van der Waals surface area contributed by atoms with E-state index >= 15 is 0 Å². The van der Waals surface area contributed by atoms with Crippen molar-refractivity contribution in [3.8, 4) is 11.5 Å². The summed E-state index contributed by atoms with van der Waals surface area (Å²) in [6.45, 7) is 3.76. The summed E-state index contributed by atoms with van der Waals surface area (Å²) in [5.74, 6) is 0.733. The van der Waals surface area contributed by atoms with Crippen molar-refractivity contribution in [2.75, 3.05) is 7.11 Å². The zero-order valence-corrected chi connectivity index (χ0v) is 13.5. The van der Waals surface area contributed by atoms with Crippen molar-refractivity contribution >= 4 is 12.1 Å². The average Bonchev–Trinajstić information content (AvgIpc) is 2.50. The summed E-state index contributed by atoms with van der Waals surface area (Å²) in [7, 11) is 1.59. The predicted octanol–water partition coefficient (Wildman–Crippen LogP) is 2.71. The van der Waals surface area contributed by atoms with E-state index in [-0.39, 0.29) is 18.1 Å². The zero-order valence-electron chi connectivity index (χ0n) is 13.5. The van der Waals surface area contributed by atoms with Crippen LogP contribution in [0.2, 0.25) is 0 Å². The fraction of sp³-hybridized carbons (Fsp3) is 0.222. The molecule has 0 heterocycles. The number of amides is 1. The van der Waals surface area contributed by atoms with Crippen LogP contribution in [0.4, 0.5) is 0 Å². The Hall–Kier alpha value is -2.82. The molecule has 5 heteroatoms. The zero-order chi connectivity index (χ0) is 16.8. The van der Waals surface area contributed by atoms with Crippen molar-refractivity contribution in [3.63, 3.8) is 0 Å². The number of phenolic OH excluding ortho intramolecular Hbond substituents is 1. The van der Waals surface area contributed by atoms with E-state index in [2.05, 4.69) is 10.5 Å². The fourth-order valence-electron chi connectivity index (χ4n) is 2.33. The number of rotatable bonds is 5. The molecule has 0 unspecified atom stereocenters. The minimum Gasteiger partial charge on any atom is -0.508 e. The molecule has 120 valence electrons. The molecule has 0 aromatic heterocycles. The van der Waals surface area contributed by atoms with Gasteiger partial charge in [0.25, 0.3) is 0 Å². The number of methoxy groups -OCH3 is 1. The first-order valence-electron chi connectivity index (χ1n) is 7.24. The van der Waals surface area contributed by atoms with Gasteiger partial charge in [-0.2, -0.15) is 5.10 Å². The van der Waals surface area contributed by atoms with E-state index in [1.165, 1.54) is 0 Å². The molecule has 0 aliphatic rings. The average molecular weight is 312 g/mol. The molecule has 1 amide bonds. The molecule has 2 aromatic rings. The van der Waals surface area contributed by atoms with Crippen LogP contribution in [0.15, 0.2) is 41.5 Å². The lowest BCUT2D eigenvalue weighted by Gasteiger charge is -2.06. The Morgan fingerprint density at radius 1 is 1.26 bits per heavy atom. The second-order valence-electron chi connectivity index (χ2n) is 5.31. The molecule has 0 radical (unpaired) electrons. The van der Waals surface area contributed by atoms with Crippen LogP contribution in [0, 0.1) is 13.8 Å². The number of nitrogens with one attached hydrogen (secondary N) is 1. The number of hydrogen-bond acceptors (Lipinski definition) is 4. The highest BCUT2D eigenvalue weighted by Crippen LogP contribution is 2.19. The third-order valence-electron chi connectivity index (χ3n) is 3.46. The highest BCUT2D eigenvalue weighted by atomic mass is 16.5. The van der Waals surface area contributed by atoms with Crippen LogP contribution < -0.4 is 10.2 Å². The minimum absolute atomic E-state index is 0.205. The normalized spacial score (nSPS) is 10.7.